The third kappa shape index (κ3) is 3.60. The Morgan fingerprint density at radius 3 is 2.81 bits per heavy atom. The van der Waals surface area contributed by atoms with Gasteiger partial charge >= 0.3 is 5.97 Å². The Kier molecular flexibility index (Phi) is 4.60. The van der Waals surface area contributed by atoms with Gasteiger partial charge in [0.05, 0.1) is 0 Å². The third-order valence-electron chi connectivity index (χ3n) is 4.15. The highest BCUT2D eigenvalue weighted by Crippen LogP contribution is 2.35. The lowest BCUT2D eigenvalue weighted by atomic mass is 9.76. The van der Waals surface area contributed by atoms with Crippen molar-refractivity contribution in [1.29, 1.82) is 0 Å². The van der Waals surface area contributed by atoms with Gasteiger partial charge in [-0.05, 0) is 36.8 Å². The largest absolute Gasteiger partial charge is 0.480 e. The molecule has 2 rings (SSSR count). The summed E-state index contributed by atoms with van der Waals surface area (Å²) in [7, 11) is 0. The van der Waals surface area contributed by atoms with Gasteiger partial charge in [-0.15, -0.1) is 0 Å². The number of rotatable bonds is 4. The smallest absolute Gasteiger partial charge is 0.326 e. The van der Waals surface area contributed by atoms with E-state index in [1.165, 1.54) is 4.90 Å². The quantitative estimate of drug-likeness (QED) is 0.922. The highest BCUT2D eigenvalue weighted by atomic mass is 16.4. The van der Waals surface area contributed by atoms with Gasteiger partial charge in [0.25, 0.3) is 0 Å². The number of amides is 1. The summed E-state index contributed by atoms with van der Waals surface area (Å²) in [6, 6.07) is 4.86. The number of aromatic nitrogens is 1. The van der Waals surface area contributed by atoms with E-state index in [-0.39, 0.29) is 11.3 Å². The second-order valence-electron chi connectivity index (χ2n) is 6.24. The topological polar surface area (TPSA) is 70.5 Å². The van der Waals surface area contributed by atoms with E-state index >= 15 is 0 Å². The number of pyridine rings is 1. The van der Waals surface area contributed by atoms with Gasteiger partial charge in [-0.2, -0.15) is 0 Å². The minimum absolute atomic E-state index is 0.0965. The number of carbonyl (C=O) groups excluding carboxylic acids is 1. The molecule has 5 heteroatoms. The van der Waals surface area contributed by atoms with Crippen LogP contribution in [0, 0.1) is 5.41 Å². The summed E-state index contributed by atoms with van der Waals surface area (Å²) in [4.78, 5) is 29.7. The zero-order valence-corrected chi connectivity index (χ0v) is 12.6. The normalized spacial score (nSPS) is 21.0. The van der Waals surface area contributed by atoms with E-state index in [2.05, 4.69) is 4.98 Å². The first kappa shape index (κ1) is 15.5. The van der Waals surface area contributed by atoms with Gasteiger partial charge < -0.3 is 10.0 Å². The van der Waals surface area contributed by atoms with Crippen LogP contribution in [0.25, 0.3) is 0 Å². The maximum absolute atomic E-state index is 12.4. The second kappa shape index (κ2) is 6.24. The molecule has 0 aromatic carbocycles. The lowest BCUT2D eigenvalue weighted by Crippen LogP contribution is -2.56. The second-order valence-corrected chi connectivity index (χ2v) is 6.24. The molecular weight excluding hydrogens is 268 g/mol. The maximum Gasteiger partial charge on any atom is 0.326 e. The average molecular weight is 290 g/mol. The predicted octanol–water partition coefficient (Wildman–Crippen LogP) is 2.12. The standard InChI is InChI=1S/C16H22N2O3/c1-16(2)9-5-11-18(14(16)15(20)21)13(19)8-7-12-6-3-4-10-17-12/h3-4,6,10,14H,5,7-9,11H2,1-2H3,(H,20,21). The molecule has 0 saturated carbocycles. The number of hydrogen-bond acceptors (Lipinski definition) is 3. The van der Waals surface area contributed by atoms with Crippen LogP contribution in [-0.2, 0) is 16.0 Å². The minimum atomic E-state index is -0.911. The highest BCUT2D eigenvalue weighted by Gasteiger charge is 2.44. The molecule has 0 spiro atoms. The number of carboxylic acid groups (broad SMARTS) is 1. The SMILES string of the molecule is CC1(C)CCCN(C(=O)CCc2ccccn2)C1C(=O)O. The molecular formula is C16H22N2O3. The average Bonchev–Trinajstić information content (AvgIpc) is 2.44. The van der Waals surface area contributed by atoms with Gasteiger partial charge in [0.1, 0.15) is 6.04 Å². The van der Waals surface area contributed by atoms with E-state index in [1.54, 1.807) is 6.20 Å². The zero-order chi connectivity index (χ0) is 15.5. The number of nitrogens with zero attached hydrogens (tertiary/aromatic N) is 2. The monoisotopic (exact) mass is 290 g/mol. The van der Waals surface area contributed by atoms with Crippen LogP contribution in [0.1, 0.15) is 38.8 Å². The fourth-order valence-electron chi connectivity index (χ4n) is 3.05. The molecule has 0 bridgehead atoms. The molecule has 0 radical (unpaired) electrons. The Balaban J connectivity index is 2.04. The molecule has 1 aromatic rings. The van der Waals surface area contributed by atoms with Crippen LogP contribution in [0.4, 0.5) is 0 Å². The minimum Gasteiger partial charge on any atom is -0.480 e. The van der Waals surface area contributed by atoms with Gasteiger partial charge in [0.15, 0.2) is 0 Å². The Labute approximate surface area is 125 Å². The molecule has 21 heavy (non-hydrogen) atoms. The number of aliphatic carboxylic acids is 1. The first-order chi connectivity index (χ1) is 9.92. The van der Waals surface area contributed by atoms with E-state index in [1.807, 2.05) is 32.0 Å². The molecule has 114 valence electrons. The highest BCUT2D eigenvalue weighted by molar-refractivity contribution is 5.84. The van der Waals surface area contributed by atoms with Crippen LogP contribution in [-0.4, -0.2) is 39.5 Å². The first-order valence-corrected chi connectivity index (χ1v) is 7.34. The van der Waals surface area contributed by atoms with Gasteiger partial charge in [-0.3, -0.25) is 9.78 Å². The van der Waals surface area contributed by atoms with Crippen LogP contribution in [0.15, 0.2) is 24.4 Å². The maximum atomic E-state index is 12.4. The van der Waals surface area contributed by atoms with Crippen molar-refractivity contribution in [3.8, 4) is 0 Å². The lowest BCUT2D eigenvalue weighted by molar-refractivity contribution is -0.158. The summed E-state index contributed by atoms with van der Waals surface area (Å²) in [5.41, 5.74) is 0.471. The molecule has 1 unspecified atom stereocenters. The number of carbonyl (C=O) groups is 2. The number of likely N-dealkylation sites (tertiary alicyclic amines) is 1. The van der Waals surface area contributed by atoms with Crippen molar-refractivity contribution >= 4 is 11.9 Å². The summed E-state index contributed by atoms with van der Waals surface area (Å²) in [6.07, 6.45) is 4.23. The van der Waals surface area contributed by atoms with E-state index in [9.17, 15) is 14.7 Å². The fraction of sp³-hybridized carbons (Fsp3) is 0.562. The van der Waals surface area contributed by atoms with Crippen molar-refractivity contribution in [2.45, 2.75) is 45.6 Å². The summed E-state index contributed by atoms with van der Waals surface area (Å²) in [5, 5.41) is 9.47. The molecule has 1 aromatic heterocycles. The summed E-state index contributed by atoms with van der Waals surface area (Å²) in [6.45, 7) is 4.37. The van der Waals surface area contributed by atoms with E-state index in [4.69, 9.17) is 0 Å². The zero-order valence-electron chi connectivity index (χ0n) is 12.6. The van der Waals surface area contributed by atoms with E-state index in [0.717, 1.165) is 18.5 Å². The summed E-state index contributed by atoms with van der Waals surface area (Å²) in [5.74, 6) is -1.01. The van der Waals surface area contributed by atoms with Crippen LogP contribution in [0.3, 0.4) is 0 Å². The Hall–Kier alpha value is -1.91. The number of piperidine rings is 1. The van der Waals surface area contributed by atoms with Gasteiger partial charge in [0, 0.05) is 24.9 Å². The predicted molar refractivity (Wildman–Crippen MR) is 78.7 cm³/mol. The van der Waals surface area contributed by atoms with Crippen LogP contribution < -0.4 is 0 Å². The van der Waals surface area contributed by atoms with Crippen molar-refractivity contribution in [2.75, 3.05) is 6.54 Å². The fourth-order valence-corrected chi connectivity index (χ4v) is 3.05. The van der Waals surface area contributed by atoms with Crippen molar-refractivity contribution < 1.29 is 14.7 Å². The Morgan fingerprint density at radius 1 is 1.43 bits per heavy atom. The van der Waals surface area contributed by atoms with Gasteiger partial charge in [0.2, 0.25) is 5.91 Å². The molecule has 2 heterocycles. The van der Waals surface area contributed by atoms with Crippen molar-refractivity contribution in [2.24, 2.45) is 5.41 Å². The third-order valence-corrected chi connectivity index (χ3v) is 4.15. The van der Waals surface area contributed by atoms with Crippen LogP contribution in [0.2, 0.25) is 0 Å². The molecule has 1 N–H and O–H groups in total. The van der Waals surface area contributed by atoms with Gasteiger partial charge in [-0.1, -0.05) is 19.9 Å². The van der Waals surface area contributed by atoms with Gasteiger partial charge in [-0.25, -0.2) is 4.79 Å². The Morgan fingerprint density at radius 2 is 2.19 bits per heavy atom. The van der Waals surface area contributed by atoms with Crippen molar-refractivity contribution in [1.82, 2.24) is 9.88 Å². The molecule has 1 saturated heterocycles. The lowest BCUT2D eigenvalue weighted by Gasteiger charge is -2.44. The molecule has 1 amide bonds. The Bertz CT molecular complexity index is 514. The molecule has 1 atom stereocenters. The van der Waals surface area contributed by atoms with Crippen LogP contribution >= 0.6 is 0 Å². The summed E-state index contributed by atoms with van der Waals surface area (Å²) >= 11 is 0. The van der Waals surface area contributed by atoms with Crippen molar-refractivity contribution in [3.63, 3.8) is 0 Å². The molecule has 1 aliphatic rings. The molecule has 0 aliphatic carbocycles. The van der Waals surface area contributed by atoms with Crippen molar-refractivity contribution in [3.05, 3.63) is 30.1 Å². The molecule has 5 nitrogen and oxygen atoms in total. The van der Waals surface area contributed by atoms with E-state index < -0.39 is 12.0 Å². The first-order valence-electron chi connectivity index (χ1n) is 7.34. The van der Waals surface area contributed by atoms with Crippen LogP contribution in [0.5, 0.6) is 0 Å². The number of hydrogen-bond donors (Lipinski definition) is 1. The molecule has 1 fully saturated rings. The number of aryl methyl sites for hydroxylation is 1. The number of carboxylic acids is 1. The molecule has 1 aliphatic heterocycles. The van der Waals surface area contributed by atoms with E-state index in [0.29, 0.717) is 19.4 Å². The summed E-state index contributed by atoms with van der Waals surface area (Å²) < 4.78 is 0.